The monoisotopic (exact) mass is 325 g/mol. The summed E-state index contributed by atoms with van der Waals surface area (Å²) in [6, 6.07) is 5.81. The summed E-state index contributed by atoms with van der Waals surface area (Å²) in [5.74, 6) is -0.760. The van der Waals surface area contributed by atoms with Crippen LogP contribution in [0.5, 0.6) is 0 Å². The maximum absolute atomic E-state index is 13.5. The summed E-state index contributed by atoms with van der Waals surface area (Å²) < 4.78 is 40.4. The molecule has 0 fully saturated rings. The highest BCUT2D eigenvalue weighted by Gasteiger charge is 2.19. The fraction of sp³-hybridized carbons (Fsp3) is 0.0769. The van der Waals surface area contributed by atoms with Crippen LogP contribution in [0.2, 0.25) is 0 Å². The van der Waals surface area contributed by atoms with Crippen molar-refractivity contribution >= 4 is 32.9 Å². The number of hydrogen-bond donors (Lipinski definition) is 2. The number of pyridine rings is 1. The molecule has 2 aromatic rings. The number of nitrogens with two attached hydrogens (primary N) is 1. The molecule has 0 radical (unpaired) electrons. The van der Waals surface area contributed by atoms with E-state index in [1.165, 1.54) is 18.3 Å². The lowest BCUT2D eigenvalue weighted by Crippen LogP contribution is -2.17. The Hall–Kier alpha value is -2.06. The van der Waals surface area contributed by atoms with Gasteiger partial charge in [0.15, 0.2) is 5.82 Å². The van der Waals surface area contributed by atoms with Crippen molar-refractivity contribution in [3.63, 3.8) is 0 Å². The number of thiocarbonyl (C=S) groups is 1. The molecule has 0 aliphatic rings. The Morgan fingerprint density at radius 3 is 2.71 bits per heavy atom. The number of sulfonamides is 1. The standard InChI is InChI=1S/C13H12FN3O2S2/c1-8-2-3-9(13(15)20)6-12(8)21(18,19)17-11-4-5-16-7-10(11)14/h2-7H,1H3,(H2,15,20)(H,16,17). The van der Waals surface area contributed by atoms with E-state index in [0.29, 0.717) is 11.1 Å². The van der Waals surface area contributed by atoms with E-state index < -0.39 is 15.8 Å². The highest BCUT2D eigenvalue weighted by molar-refractivity contribution is 7.92. The number of halogens is 1. The van der Waals surface area contributed by atoms with Gasteiger partial charge in [-0.25, -0.2) is 12.8 Å². The Kier molecular flexibility index (Phi) is 4.19. The van der Waals surface area contributed by atoms with Gasteiger partial charge >= 0.3 is 0 Å². The fourth-order valence-electron chi connectivity index (χ4n) is 1.70. The first-order chi connectivity index (χ1) is 9.81. The molecule has 0 saturated heterocycles. The van der Waals surface area contributed by atoms with Crippen LogP contribution in [-0.2, 0) is 10.0 Å². The highest BCUT2D eigenvalue weighted by atomic mass is 32.2. The Morgan fingerprint density at radius 2 is 2.10 bits per heavy atom. The normalized spacial score (nSPS) is 11.1. The van der Waals surface area contributed by atoms with Crippen molar-refractivity contribution in [1.82, 2.24) is 4.98 Å². The third-order valence-electron chi connectivity index (χ3n) is 2.78. The van der Waals surface area contributed by atoms with Crippen LogP contribution in [0.3, 0.4) is 0 Å². The second-order valence-electron chi connectivity index (χ2n) is 4.31. The van der Waals surface area contributed by atoms with Crippen molar-refractivity contribution in [3.8, 4) is 0 Å². The molecule has 2 rings (SSSR count). The van der Waals surface area contributed by atoms with Gasteiger partial charge in [-0.1, -0.05) is 24.4 Å². The van der Waals surface area contributed by atoms with Crippen LogP contribution in [0.25, 0.3) is 0 Å². The average Bonchev–Trinajstić information content (AvgIpc) is 2.41. The fourth-order valence-corrected chi connectivity index (χ4v) is 3.17. The molecule has 0 aliphatic heterocycles. The van der Waals surface area contributed by atoms with Gasteiger partial charge in [0.2, 0.25) is 0 Å². The van der Waals surface area contributed by atoms with Crippen molar-refractivity contribution in [2.45, 2.75) is 11.8 Å². The molecule has 0 spiro atoms. The first-order valence-electron chi connectivity index (χ1n) is 5.84. The van der Waals surface area contributed by atoms with Crippen LogP contribution in [0.4, 0.5) is 10.1 Å². The summed E-state index contributed by atoms with van der Waals surface area (Å²) in [6.07, 6.45) is 2.22. The number of aryl methyl sites for hydroxylation is 1. The lowest BCUT2D eigenvalue weighted by atomic mass is 10.1. The molecule has 1 heterocycles. The summed E-state index contributed by atoms with van der Waals surface area (Å²) >= 11 is 4.83. The Labute approximate surface area is 127 Å². The van der Waals surface area contributed by atoms with Gasteiger partial charge in [0.1, 0.15) is 4.99 Å². The number of benzene rings is 1. The average molecular weight is 325 g/mol. The second kappa shape index (κ2) is 5.74. The molecule has 0 aliphatic carbocycles. The summed E-state index contributed by atoms with van der Waals surface area (Å²) in [7, 11) is -3.96. The maximum atomic E-state index is 13.5. The van der Waals surface area contributed by atoms with Crippen molar-refractivity contribution in [2.24, 2.45) is 5.73 Å². The molecular weight excluding hydrogens is 313 g/mol. The summed E-state index contributed by atoms with van der Waals surface area (Å²) in [6.45, 7) is 1.63. The van der Waals surface area contributed by atoms with E-state index in [9.17, 15) is 12.8 Å². The van der Waals surface area contributed by atoms with Crippen LogP contribution in [0, 0.1) is 12.7 Å². The SMILES string of the molecule is Cc1ccc(C(N)=S)cc1S(=O)(=O)Nc1ccncc1F. The molecule has 8 heteroatoms. The zero-order valence-electron chi connectivity index (χ0n) is 11.0. The number of anilines is 1. The summed E-state index contributed by atoms with van der Waals surface area (Å²) in [5.41, 5.74) is 6.24. The van der Waals surface area contributed by atoms with Crippen LogP contribution >= 0.6 is 12.2 Å². The van der Waals surface area contributed by atoms with E-state index >= 15 is 0 Å². The lowest BCUT2D eigenvalue weighted by Gasteiger charge is -2.12. The van der Waals surface area contributed by atoms with E-state index in [-0.39, 0.29) is 15.6 Å². The van der Waals surface area contributed by atoms with Gasteiger partial charge in [-0.3, -0.25) is 9.71 Å². The molecule has 0 saturated carbocycles. The predicted octanol–water partition coefficient (Wildman–Crippen LogP) is 1.96. The minimum atomic E-state index is -3.96. The largest absolute Gasteiger partial charge is 0.389 e. The zero-order valence-corrected chi connectivity index (χ0v) is 12.6. The molecule has 0 bridgehead atoms. The van der Waals surface area contributed by atoms with Gasteiger partial charge in [-0.2, -0.15) is 0 Å². The maximum Gasteiger partial charge on any atom is 0.262 e. The van der Waals surface area contributed by atoms with Crippen LogP contribution in [0.1, 0.15) is 11.1 Å². The zero-order chi connectivity index (χ0) is 15.6. The number of nitrogens with one attached hydrogen (secondary N) is 1. The van der Waals surface area contributed by atoms with Gasteiger partial charge in [-0.15, -0.1) is 0 Å². The molecule has 0 unspecified atom stereocenters. The smallest absolute Gasteiger partial charge is 0.262 e. The summed E-state index contributed by atoms with van der Waals surface area (Å²) in [5, 5.41) is 0. The van der Waals surface area contributed by atoms with Gasteiger partial charge < -0.3 is 5.73 Å². The number of hydrogen-bond acceptors (Lipinski definition) is 4. The van der Waals surface area contributed by atoms with Gasteiger partial charge in [-0.05, 0) is 24.6 Å². The van der Waals surface area contributed by atoms with Crippen molar-refractivity contribution < 1.29 is 12.8 Å². The number of aromatic nitrogens is 1. The predicted molar refractivity (Wildman–Crippen MR) is 82.1 cm³/mol. The first kappa shape index (κ1) is 15.3. The van der Waals surface area contributed by atoms with Crippen LogP contribution < -0.4 is 10.5 Å². The van der Waals surface area contributed by atoms with E-state index in [0.717, 1.165) is 6.20 Å². The molecule has 1 aromatic carbocycles. The van der Waals surface area contributed by atoms with E-state index in [4.69, 9.17) is 18.0 Å². The first-order valence-corrected chi connectivity index (χ1v) is 7.73. The Balaban J connectivity index is 2.47. The molecular formula is C13H12FN3O2S2. The molecule has 3 N–H and O–H groups in total. The minimum absolute atomic E-state index is 0.0102. The van der Waals surface area contributed by atoms with Gasteiger partial charge in [0.05, 0.1) is 16.8 Å². The quantitative estimate of drug-likeness (QED) is 0.840. The number of nitrogens with zero attached hydrogens (tertiary/aromatic N) is 1. The molecule has 21 heavy (non-hydrogen) atoms. The van der Waals surface area contributed by atoms with Gasteiger partial charge in [0.25, 0.3) is 10.0 Å². The minimum Gasteiger partial charge on any atom is -0.389 e. The molecule has 0 amide bonds. The third-order valence-corrected chi connectivity index (χ3v) is 4.52. The van der Waals surface area contributed by atoms with E-state index in [2.05, 4.69) is 9.71 Å². The topological polar surface area (TPSA) is 85.1 Å². The van der Waals surface area contributed by atoms with Crippen molar-refractivity contribution in [3.05, 3.63) is 53.6 Å². The van der Waals surface area contributed by atoms with Crippen molar-refractivity contribution in [2.75, 3.05) is 4.72 Å². The molecule has 5 nitrogen and oxygen atoms in total. The van der Waals surface area contributed by atoms with Crippen LogP contribution in [-0.4, -0.2) is 18.4 Å². The Bertz CT molecular complexity index is 807. The molecule has 0 atom stereocenters. The molecule has 1 aromatic heterocycles. The highest BCUT2D eigenvalue weighted by Crippen LogP contribution is 2.22. The Morgan fingerprint density at radius 1 is 1.38 bits per heavy atom. The number of rotatable bonds is 4. The van der Waals surface area contributed by atoms with Crippen molar-refractivity contribution in [1.29, 1.82) is 0 Å². The van der Waals surface area contributed by atoms with E-state index in [1.54, 1.807) is 19.1 Å². The van der Waals surface area contributed by atoms with Gasteiger partial charge in [0, 0.05) is 11.8 Å². The lowest BCUT2D eigenvalue weighted by molar-refractivity contribution is 0.597. The van der Waals surface area contributed by atoms with Crippen LogP contribution in [0.15, 0.2) is 41.6 Å². The molecule has 110 valence electrons. The third kappa shape index (κ3) is 3.34. The summed E-state index contributed by atoms with van der Waals surface area (Å²) in [4.78, 5) is 3.63. The second-order valence-corrected chi connectivity index (χ2v) is 6.40. The van der Waals surface area contributed by atoms with E-state index in [1.807, 2.05) is 0 Å².